The maximum atomic E-state index is 6.18. The summed E-state index contributed by atoms with van der Waals surface area (Å²) in [6.07, 6.45) is 0.0704. The topological polar surface area (TPSA) is 21.3 Å². The number of rotatable bonds is 3. The molecule has 0 aliphatic carbocycles. The summed E-state index contributed by atoms with van der Waals surface area (Å²) in [5, 5.41) is 4.46. The van der Waals surface area contributed by atoms with E-state index >= 15 is 0 Å². The second kappa shape index (κ2) is 6.64. The van der Waals surface area contributed by atoms with E-state index in [1.54, 1.807) is 0 Å². The zero-order valence-electron chi connectivity index (χ0n) is 11.4. The molecule has 1 saturated heterocycles. The summed E-state index contributed by atoms with van der Waals surface area (Å²) in [6, 6.07) is 5.76. The monoisotopic (exact) mass is 323 g/mol. The SMILES string of the molecule is CC(C)(C)OC(c1ccc(Cl)c(Cl)c1)C1CNC1.Cl. The maximum Gasteiger partial charge on any atom is 0.0885 e. The lowest BCUT2D eigenvalue weighted by atomic mass is 9.90. The van der Waals surface area contributed by atoms with Crippen LogP contribution in [0.2, 0.25) is 10.0 Å². The van der Waals surface area contributed by atoms with Gasteiger partial charge in [0.2, 0.25) is 0 Å². The van der Waals surface area contributed by atoms with Crippen LogP contribution in [0.3, 0.4) is 0 Å². The molecule has 0 aromatic heterocycles. The third-order valence-electron chi connectivity index (χ3n) is 2.99. The minimum Gasteiger partial charge on any atom is -0.368 e. The van der Waals surface area contributed by atoms with Gasteiger partial charge < -0.3 is 10.1 Å². The number of halogens is 3. The van der Waals surface area contributed by atoms with E-state index in [-0.39, 0.29) is 24.1 Å². The standard InChI is InChI=1S/C14H19Cl2NO.ClH/c1-14(2,3)18-13(10-7-17-8-10)9-4-5-11(15)12(16)6-9;/h4-6,10,13,17H,7-8H2,1-3H3;1H. The normalized spacial score (nSPS) is 17.5. The largest absolute Gasteiger partial charge is 0.368 e. The molecule has 0 spiro atoms. The molecule has 1 aliphatic rings. The predicted octanol–water partition coefficient (Wildman–Crippen LogP) is 4.49. The van der Waals surface area contributed by atoms with Crippen LogP contribution in [0.15, 0.2) is 18.2 Å². The number of hydrogen-bond donors (Lipinski definition) is 1. The molecule has 2 nitrogen and oxygen atoms in total. The molecule has 1 aromatic carbocycles. The zero-order valence-corrected chi connectivity index (χ0v) is 13.7. The molecule has 1 atom stereocenters. The van der Waals surface area contributed by atoms with Gasteiger partial charge >= 0.3 is 0 Å². The number of ether oxygens (including phenoxy) is 1. The van der Waals surface area contributed by atoms with Gasteiger partial charge in [-0.05, 0) is 38.5 Å². The van der Waals surface area contributed by atoms with Crippen molar-refractivity contribution in [1.29, 1.82) is 0 Å². The maximum absolute atomic E-state index is 6.18. The smallest absolute Gasteiger partial charge is 0.0885 e. The molecular formula is C14H20Cl3NO. The second-order valence-corrected chi connectivity index (χ2v) is 6.56. The van der Waals surface area contributed by atoms with Crippen molar-refractivity contribution in [2.24, 2.45) is 5.92 Å². The lowest BCUT2D eigenvalue weighted by Crippen LogP contribution is -2.47. The first-order valence-electron chi connectivity index (χ1n) is 6.20. The Morgan fingerprint density at radius 2 is 1.84 bits per heavy atom. The number of benzene rings is 1. The molecule has 0 bridgehead atoms. The summed E-state index contributed by atoms with van der Waals surface area (Å²) in [6.45, 7) is 8.19. The van der Waals surface area contributed by atoms with E-state index < -0.39 is 0 Å². The molecule has 0 saturated carbocycles. The molecule has 5 heteroatoms. The first-order chi connectivity index (χ1) is 8.37. The first kappa shape index (κ1) is 17.1. The molecule has 19 heavy (non-hydrogen) atoms. The van der Waals surface area contributed by atoms with E-state index in [0.29, 0.717) is 16.0 Å². The van der Waals surface area contributed by atoms with E-state index in [2.05, 4.69) is 26.1 Å². The minimum atomic E-state index is -0.174. The van der Waals surface area contributed by atoms with Gasteiger partial charge in [-0.25, -0.2) is 0 Å². The third kappa shape index (κ3) is 4.51. The van der Waals surface area contributed by atoms with Crippen molar-refractivity contribution < 1.29 is 4.74 Å². The fourth-order valence-electron chi connectivity index (χ4n) is 2.03. The minimum absolute atomic E-state index is 0. The Morgan fingerprint density at radius 1 is 1.21 bits per heavy atom. The predicted molar refractivity (Wildman–Crippen MR) is 83.6 cm³/mol. The summed E-state index contributed by atoms with van der Waals surface area (Å²) in [4.78, 5) is 0. The number of nitrogens with one attached hydrogen (secondary N) is 1. The van der Waals surface area contributed by atoms with E-state index in [1.807, 2.05) is 18.2 Å². The first-order valence-corrected chi connectivity index (χ1v) is 6.96. The highest BCUT2D eigenvalue weighted by Gasteiger charge is 2.32. The Morgan fingerprint density at radius 3 is 2.26 bits per heavy atom. The van der Waals surface area contributed by atoms with Crippen molar-refractivity contribution in [2.75, 3.05) is 13.1 Å². The van der Waals surface area contributed by atoms with Crippen molar-refractivity contribution >= 4 is 35.6 Å². The lowest BCUT2D eigenvalue weighted by molar-refractivity contribution is -0.0965. The van der Waals surface area contributed by atoms with Gasteiger partial charge in [-0.1, -0.05) is 29.3 Å². The van der Waals surface area contributed by atoms with Crippen molar-refractivity contribution in [3.8, 4) is 0 Å². The van der Waals surface area contributed by atoms with Crippen LogP contribution in [0.4, 0.5) is 0 Å². The highest BCUT2D eigenvalue weighted by molar-refractivity contribution is 6.42. The summed E-state index contributed by atoms with van der Waals surface area (Å²) >= 11 is 12.1. The molecule has 0 amide bonds. The van der Waals surface area contributed by atoms with Gasteiger partial charge in [0, 0.05) is 19.0 Å². The zero-order chi connectivity index (χ0) is 13.3. The Balaban J connectivity index is 0.00000180. The molecule has 108 valence electrons. The van der Waals surface area contributed by atoms with E-state index in [1.165, 1.54) is 0 Å². The lowest BCUT2D eigenvalue weighted by Gasteiger charge is -2.38. The quantitative estimate of drug-likeness (QED) is 0.884. The average molecular weight is 325 g/mol. The molecular weight excluding hydrogens is 305 g/mol. The van der Waals surface area contributed by atoms with Gasteiger partial charge in [0.25, 0.3) is 0 Å². The molecule has 1 aliphatic heterocycles. The van der Waals surface area contributed by atoms with Crippen LogP contribution in [-0.4, -0.2) is 18.7 Å². The highest BCUT2D eigenvalue weighted by Crippen LogP contribution is 2.35. The van der Waals surface area contributed by atoms with E-state index in [9.17, 15) is 0 Å². The molecule has 2 rings (SSSR count). The van der Waals surface area contributed by atoms with Crippen molar-refractivity contribution in [1.82, 2.24) is 5.32 Å². The van der Waals surface area contributed by atoms with Crippen LogP contribution in [0.1, 0.15) is 32.4 Å². The van der Waals surface area contributed by atoms with Crippen molar-refractivity contribution in [3.63, 3.8) is 0 Å². The van der Waals surface area contributed by atoms with Crippen LogP contribution < -0.4 is 5.32 Å². The molecule has 1 fully saturated rings. The van der Waals surface area contributed by atoms with E-state index in [0.717, 1.165) is 18.7 Å². The van der Waals surface area contributed by atoms with Gasteiger partial charge in [-0.3, -0.25) is 0 Å². The summed E-state index contributed by atoms with van der Waals surface area (Å²) in [5.41, 5.74) is 0.928. The van der Waals surface area contributed by atoms with Gasteiger partial charge in [0.15, 0.2) is 0 Å². The van der Waals surface area contributed by atoms with Gasteiger partial charge in [0.1, 0.15) is 0 Å². The van der Waals surface area contributed by atoms with Gasteiger partial charge in [-0.2, -0.15) is 0 Å². The average Bonchev–Trinajstić information content (AvgIpc) is 2.16. The van der Waals surface area contributed by atoms with Crippen LogP contribution >= 0.6 is 35.6 Å². The fourth-order valence-corrected chi connectivity index (χ4v) is 2.34. The molecule has 0 radical (unpaired) electrons. The van der Waals surface area contributed by atoms with E-state index in [4.69, 9.17) is 27.9 Å². The molecule has 1 heterocycles. The van der Waals surface area contributed by atoms with Gasteiger partial charge in [0.05, 0.1) is 21.8 Å². The van der Waals surface area contributed by atoms with Crippen LogP contribution in [0.25, 0.3) is 0 Å². The summed E-state index contributed by atoms with van der Waals surface area (Å²) in [7, 11) is 0. The Bertz CT molecular complexity index is 427. The Labute approximate surface area is 131 Å². The number of hydrogen-bond acceptors (Lipinski definition) is 2. The molecule has 1 unspecified atom stereocenters. The highest BCUT2D eigenvalue weighted by atomic mass is 35.5. The third-order valence-corrected chi connectivity index (χ3v) is 3.73. The Kier molecular flexibility index (Phi) is 5.96. The van der Waals surface area contributed by atoms with Crippen LogP contribution in [0, 0.1) is 5.92 Å². The van der Waals surface area contributed by atoms with Crippen molar-refractivity contribution in [3.05, 3.63) is 33.8 Å². The second-order valence-electron chi connectivity index (χ2n) is 5.74. The fraction of sp³-hybridized carbons (Fsp3) is 0.571. The van der Waals surface area contributed by atoms with Crippen molar-refractivity contribution in [2.45, 2.75) is 32.5 Å². The molecule has 1 aromatic rings. The Hall–Kier alpha value is 0.01000. The summed E-state index contributed by atoms with van der Waals surface area (Å²) in [5.74, 6) is 0.501. The van der Waals surface area contributed by atoms with Crippen LogP contribution in [0.5, 0.6) is 0 Å². The molecule has 1 N–H and O–H groups in total. The van der Waals surface area contributed by atoms with Crippen LogP contribution in [-0.2, 0) is 4.74 Å². The summed E-state index contributed by atoms with van der Waals surface area (Å²) < 4.78 is 6.18. The van der Waals surface area contributed by atoms with Gasteiger partial charge in [-0.15, -0.1) is 12.4 Å².